The van der Waals surface area contributed by atoms with Crippen LogP contribution in [0.2, 0.25) is 0 Å². The second kappa shape index (κ2) is 5.20. The fourth-order valence-corrected chi connectivity index (χ4v) is 1.37. The lowest BCUT2D eigenvalue weighted by Crippen LogP contribution is -2.30. The molecule has 15 heavy (non-hydrogen) atoms. The second-order valence-electron chi connectivity index (χ2n) is 3.26. The van der Waals surface area contributed by atoms with Gasteiger partial charge in [0, 0.05) is 24.3 Å². The molecular weight excluding hydrogens is 188 g/mol. The Morgan fingerprint density at radius 2 is 2.33 bits per heavy atom. The third kappa shape index (κ3) is 2.84. The number of carbonyl (C=O) groups excluding carboxylic acids is 1. The number of anilines is 1. The van der Waals surface area contributed by atoms with Crippen LogP contribution in [-0.2, 0) is 0 Å². The van der Waals surface area contributed by atoms with Gasteiger partial charge in [0.1, 0.15) is 0 Å². The zero-order valence-electron chi connectivity index (χ0n) is 8.94. The van der Waals surface area contributed by atoms with Gasteiger partial charge in [0.05, 0.1) is 0 Å². The van der Waals surface area contributed by atoms with Gasteiger partial charge in [-0.2, -0.15) is 0 Å². The lowest BCUT2D eigenvalue weighted by Gasteiger charge is -2.18. The van der Waals surface area contributed by atoms with Gasteiger partial charge < -0.3 is 10.6 Å². The van der Waals surface area contributed by atoms with E-state index in [0.29, 0.717) is 24.3 Å². The van der Waals surface area contributed by atoms with Crippen LogP contribution in [0.4, 0.5) is 5.69 Å². The quantitative estimate of drug-likeness (QED) is 0.601. The number of carbonyl (C=O) groups is 1. The number of likely N-dealkylation sites (N-methyl/N-ethyl adjacent to an activating group) is 1. The van der Waals surface area contributed by atoms with E-state index in [0.717, 1.165) is 0 Å². The van der Waals surface area contributed by atoms with Crippen molar-refractivity contribution in [2.75, 3.05) is 18.8 Å². The average molecular weight is 204 g/mol. The number of hydrogen-bond acceptors (Lipinski definition) is 2. The molecule has 1 aromatic rings. The van der Waals surface area contributed by atoms with Crippen molar-refractivity contribution in [3.05, 3.63) is 42.5 Å². The Kier molecular flexibility index (Phi) is 3.92. The van der Waals surface area contributed by atoms with Gasteiger partial charge in [0.25, 0.3) is 5.91 Å². The highest BCUT2D eigenvalue weighted by Gasteiger charge is 2.12. The minimum absolute atomic E-state index is 0.00954. The maximum absolute atomic E-state index is 11.9. The van der Waals surface area contributed by atoms with Crippen molar-refractivity contribution in [2.45, 2.75) is 6.92 Å². The Morgan fingerprint density at radius 1 is 1.60 bits per heavy atom. The van der Waals surface area contributed by atoms with Gasteiger partial charge in [0.15, 0.2) is 0 Å². The molecule has 0 aliphatic carbocycles. The summed E-state index contributed by atoms with van der Waals surface area (Å²) < 4.78 is 0. The first-order valence-corrected chi connectivity index (χ1v) is 4.94. The molecule has 0 spiro atoms. The van der Waals surface area contributed by atoms with E-state index in [-0.39, 0.29) is 5.91 Å². The van der Waals surface area contributed by atoms with E-state index in [9.17, 15) is 4.79 Å². The molecule has 0 unspecified atom stereocenters. The predicted octanol–water partition coefficient (Wildman–Crippen LogP) is 1.92. The second-order valence-corrected chi connectivity index (χ2v) is 3.26. The number of benzene rings is 1. The van der Waals surface area contributed by atoms with Crippen LogP contribution in [0.15, 0.2) is 36.9 Å². The van der Waals surface area contributed by atoms with Crippen LogP contribution >= 0.6 is 0 Å². The van der Waals surface area contributed by atoms with Gasteiger partial charge in [-0.15, -0.1) is 6.58 Å². The van der Waals surface area contributed by atoms with Gasteiger partial charge in [-0.3, -0.25) is 4.79 Å². The van der Waals surface area contributed by atoms with Crippen molar-refractivity contribution in [3.8, 4) is 0 Å². The molecule has 0 bridgehead atoms. The molecular formula is C12H16N2O. The number of hydrogen-bond donors (Lipinski definition) is 1. The lowest BCUT2D eigenvalue weighted by atomic mass is 10.2. The molecule has 0 radical (unpaired) electrons. The molecule has 0 aromatic heterocycles. The standard InChI is InChI=1S/C12H16N2O/c1-3-8-14(4-2)12(15)10-6-5-7-11(13)9-10/h3,5-7,9H,1,4,8,13H2,2H3. The first-order chi connectivity index (χ1) is 7.19. The highest BCUT2D eigenvalue weighted by molar-refractivity contribution is 5.95. The normalized spacial score (nSPS) is 9.67. The van der Waals surface area contributed by atoms with E-state index in [4.69, 9.17) is 5.73 Å². The summed E-state index contributed by atoms with van der Waals surface area (Å²) in [6.45, 7) is 6.79. The van der Waals surface area contributed by atoms with Gasteiger partial charge in [0.2, 0.25) is 0 Å². The molecule has 1 amide bonds. The largest absolute Gasteiger partial charge is 0.399 e. The maximum Gasteiger partial charge on any atom is 0.254 e. The molecule has 3 nitrogen and oxygen atoms in total. The van der Waals surface area contributed by atoms with Gasteiger partial charge >= 0.3 is 0 Å². The van der Waals surface area contributed by atoms with Crippen LogP contribution in [0.5, 0.6) is 0 Å². The molecule has 3 heteroatoms. The fourth-order valence-electron chi connectivity index (χ4n) is 1.37. The van der Waals surface area contributed by atoms with Crippen LogP contribution in [0.25, 0.3) is 0 Å². The molecule has 80 valence electrons. The van der Waals surface area contributed by atoms with E-state index in [1.807, 2.05) is 6.92 Å². The van der Waals surface area contributed by atoms with Crippen LogP contribution < -0.4 is 5.73 Å². The molecule has 0 saturated heterocycles. The molecule has 0 atom stereocenters. The Morgan fingerprint density at radius 3 is 2.87 bits per heavy atom. The summed E-state index contributed by atoms with van der Waals surface area (Å²) in [5, 5.41) is 0. The molecule has 0 aliphatic heterocycles. The zero-order valence-corrected chi connectivity index (χ0v) is 8.94. The Labute approximate surface area is 90.2 Å². The van der Waals surface area contributed by atoms with Crippen molar-refractivity contribution >= 4 is 11.6 Å². The summed E-state index contributed by atoms with van der Waals surface area (Å²) in [5.41, 5.74) is 6.85. The predicted molar refractivity (Wildman–Crippen MR) is 62.6 cm³/mol. The number of rotatable bonds is 4. The minimum atomic E-state index is -0.00954. The smallest absolute Gasteiger partial charge is 0.254 e. The van der Waals surface area contributed by atoms with Crippen molar-refractivity contribution < 1.29 is 4.79 Å². The van der Waals surface area contributed by atoms with Gasteiger partial charge in [-0.25, -0.2) is 0 Å². The van der Waals surface area contributed by atoms with E-state index < -0.39 is 0 Å². The summed E-state index contributed by atoms with van der Waals surface area (Å²) in [4.78, 5) is 13.7. The molecule has 2 N–H and O–H groups in total. The Balaban J connectivity index is 2.87. The highest BCUT2D eigenvalue weighted by atomic mass is 16.2. The van der Waals surface area contributed by atoms with E-state index in [1.54, 1.807) is 35.2 Å². The average Bonchev–Trinajstić information content (AvgIpc) is 2.25. The van der Waals surface area contributed by atoms with Crippen LogP contribution in [0, 0.1) is 0 Å². The number of nitrogens with zero attached hydrogens (tertiary/aromatic N) is 1. The summed E-state index contributed by atoms with van der Waals surface area (Å²) in [7, 11) is 0. The topological polar surface area (TPSA) is 46.3 Å². The first kappa shape index (κ1) is 11.3. The molecule has 0 saturated carbocycles. The summed E-state index contributed by atoms with van der Waals surface area (Å²) in [5.74, 6) is -0.00954. The van der Waals surface area contributed by atoms with Crippen LogP contribution in [0.3, 0.4) is 0 Å². The molecule has 0 fully saturated rings. The Hall–Kier alpha value is -1.77. The van der Waals surface area contributed by atoms with Crippen LogP contribution in [0.1, 0.15) is 17.3 Å². The van der Waals surface area contributed by atoms with Crippen molar-refractivity contribution in [3.63, 3.8) is 0 Å². The molecule has 0 heterocycles. The van der Waals surface area contributed by atoms with E-state index in [2.05, 4.69) is 6.58 Å². The highest BCUT2D eigenvalue weighted by Crippen LogP contribution is 2.09. The third-order valence-electron chi connectivity index (χ3n) is 2.15. The van der Waals surface area contributed by atoms with E-state index >= 15 is 0 Å². The molecule has 1 rings (SSSR count). The van der Waals surface area contributed by atoms with Gasteiger partial charge in [-0.05, 0) is 25.1 Å². The van der Waals surface area contributed by atoms with Crippen molar-refractivity contribution in [2.24, 2.45) is 0 Å². The fraction of sp³-hybridized carbons (Fsp3) is 0.250. The summed E-state index contributed by atoms with van der Waals surface area (Å²) in [6, 6.07) is 7.00. The SMILES string of the molecule is C=CCN(CC)C(=O)c1cccc(N)c1. The number of nitrogen functional groups attached to an aromatic ring is 1. The van der Waals surface area contributed by atoms with Gasteiger partial charge in [-0.1, -0.05) is 12.1 Å². The third-order valence-corrected chi connectivity index (χ3v) is 2.15. The summed E-state index contributed by atoms with van der Waals surface area (Å²) >= 11 is 0. The maximum atomic E-state index is 11.9. The number of amides is 1. The molecule has 0 aliphatic rings. The van der Waals surface area contributed by atoms with Crippen molar-refractivity contribution in [1.29, 1.82) is 0 Å². The van der Waals surface area contributed by atoms with Crippen molar-refractivity contribution in [1.82, 2.24) is 4.90 Å². The zero-order chi connectivity index (χ0) is 11.3. The monoisotopic (exact) mass is 204 g/mol. The lowest BCUT2D eigenvalue weighted by molar-refractivity contribution is 0.0782. The Bertz CT molecular complexity index is 360. The molecule has 1 aromatic carbocycles. The summed E-state index contributed by atoms with van der Waals surface area (Å²) in [6.07, 6.45) is 1.72. The van der Waals surface area contributed by atoms with Crippen LogP contribution in [-0.4, -0.2) is 23.9 Å². The number of nitrogens with two attached hydrogens (primary N) is 1. The van der Waals surface area contributed by atoms with E-state index in [1.165, 1.54) is 0 Å². The minimum Gasteiger partial charge on any atom is -0.399 e. The first-order valence-electron chi connectivity index (χ1n) is 4.94.